The van der Waals surface area contributed by atoms with Crippen LogP contribution in [-0.4, -0.2) is 20.9 Å². The molecule has 0 aliphatic carbocycles. The van der Waals surface area contributed by atoms with E-state index in [1.54, 1.807) is 6.20 Å². The monoisotopic (exact) mass is 218 g/mol. The second-order valence-electron chi connectivity index (χ2n) is 3.61. The van der Waals surface area contributed by atoms with E-state index in [9.17, 15) is 4.79 Å². The lowest BCUT2D eigenvalue weighted by molar-refractivity contribution is -0.116. The average Bonchev–Trinajstić information content (AvgIpc) is 2.68. The number of amides is 1. The number of pyridine rings is 1. The van der Waals surface area contributed by atoms with Gasteiger partial charge >= 0.3 is 0 Å². The van der Waals surface area contributed by atoms with Crippen molar-refractivity contribution < 1.29 is 4.79 Å². The number of hydrogen-bond donors (Lipinski definition) is 2. The lowest BCUT2D eigenvalue weighted by atomic mass is 10.2. The highest BCUT2D eigenvalue weighted by molar-refractivity contribution is 5.90. The molecule has 0 atom stereocenters. The first-order valence-electron chi connectivity index (χ1n) is 5.40. The van der Waals surface area contributed by atoms with Crippen molar-refractivity contribution in [1.29, 1.82) is 0 Å². The molecule has 0 aromatic carbocycles. The molecule has 0 aliphatic heterocycles. The Bertz CT molecular complexity index is 458. The minimum atomic E-state index is -0.0130. The van der Waals surface area contributed by atoms with E-state index in [-0.39, 0.29) is 5.91 Å². The summed E-state index contributed by atoms with van der Waals surface area (Å²) in [5.74, 6) is 0.454. The molecule has 0 bridgehead atoms. The Morgan fingerprint density at radius 1 is 1.56 bits per heavy atom. The van der Waals surface area contributed by atoms with E-state index in [0.29, 0.717) is 18.0 Å². The first kappa shape index (κ1) is 10.6. The van der Waals surface area contributed by atoms with Gasteiger partial charge in [0.2, 0.25) is 11.9 Å². The first-order valence-corrected chi connectivity index (χ1v) is 5.40. The topological polar surface area (TPSA) is 70.7 Å². The summed E-state index contributed by atoms with van der Waals surface area (Å²) in [5.41, 5.74) is 1.45. The first-order chi connectivity index (χ1) is 7.79. The fourth-order valence-electron chi connectivity index (χ4n) is 1.44. The van der Waals surface area contributed by atoms with Gasteiger partial charge in [0, 0.05) is 12.6 Å². The van der Waals surface area contributed by atoms with Crippen LogP contribution < -0.4 is 5.32 Å². The quantitative estimate of drug-likeness (QED) is 0.825. The van der Waals surface area contributed by atoms with Crippen LogP contribution in [0.1, 0.15) is 26.2 Å². The van der Waals surface area contributed by atoms with Crippen molar-refractivity contribution in [2.45, 2.75) is 26.2 Å². The average molecular weight is 218 g/mol. The summed E-state index contributed by atoms with van der Waals surface area (Å²) in [4.78, 5) is 22.7. The van der Waals surface area contributed by atoms with Gasteiger partial charge in [-0.2, -0.15) is 4.98 Å². The third kappa shape index (κ3) is 2.36. The number of aromatic nitrogens is 3. The molecule has 0 saturated heterocycles. The minimum Gasteiger partial charge on any atom is -0.322 e. The zero-order valence-corrected chi connectivity index (χ0v) is 9.16. The van der Waals surface area contributed by atoms with Crippen molar-refractivity contribution in [1.82, 2.24) is 15.0 Å². The highest BCUT2D eigenvalue weighted by Crippen LogP contribution is 2.11. The number of hydrogen-bond acceptors (Lipinski definition) is 3. The summed E-state index contributed by atoms with van der Waals surface area (Å²) in [5, 5.41) is 2.72. The smallest absolute Gasteiger partial charge is 0.226 e. The van der Waals surface area contributed by atoms with Gasteiger partial charge in [-0.15, -0.1) is 0 Å². The Kier molecular flexibility index (Phi) is 3.14. The molecule has 2 N–H and O–H groups in total. The molecule has 5 nitrogen and oxygen atoms in total. The van der Waals surface area contributed by atoms with Gasteiger partial charge < -0.3 is 4.98 Å². The molecule has 0 fully saturated rings. The van der Waals surface area contributed by atoms with E-state index in [1.165, 1.54) is 0 Å². The van der Waals surface area contributed by atoms with Crippen LogP contribution >= 0.6 is 0 Å². The molecule has 0 spiro atoms. The van der Waals surface area contributed by atoms with Crippen molar-refractivity contribution in [3.8, 4) is 0 Å². The van der Waals surface area contributed by atoms with E-state index in [0.717, 1.165) is 18.4 Å². The third-order valence-corrected chi connectivity index (χ3v) is 2.27. The van der Waals surface area contributed by atoms with Crippen molar-refractivity contribution in [3.63, 3.8) is 0 Å². The number of carbonyl (C=O) groups excluding carboxylic acids is 1. The van der Waals surface area contributed by atoms with Crippen LogP contribution in [0.5, 0.6) is 0 Å². The molecule has 2 aromatic heterocycles. The second-order valence-corrected chi connectivity index (χ2v) is 3.61. The molecular weight excluding hydrogens is 204 g/mol. The molecule has 0 saturated carbocycles. The maximum absolute atomic E-state index is 11.5. The fraction of sp³-hybridized carbons (Fsp3) is 0.364. The van der Waals surface area contributed by atoms with E-state index in [1.807, 2.05) is 12.1 Å². The molecule has 0 unspecified atom stereocenters. The molecule has 84 valence electrons. The Balaban J connectivity index is 2.07. The predicted molar refractivity (Wildman–Crippen MR) is 62.0 cm³/mol. The predicted octanol–water partition coefficient (Wildman–Crippen LogP) is 2.09. The Labute approximate surface area is 93.3 Å². The van der Waals surface area contributed by atoms with Crippen LogP contribution in [0, 0.1) is 0 Å². The van der Waals surface area contributed by atoms with Crippen molar-refractivity contribution in [2.75, 3.05) is 5.32 Å². The van der Waals surface area contributed by atoms with Crippen LogP contribution in [0.15, 0.2) is 18.3 Å². The van der Waals surface area contributed by atoms with Gasteiger partial charge in [-0.05, 0) is 18.6 Å². The largest absolute Gasteiger partial charge is 0.322 e. The van der Waals surface area contributed by atoms with Crippen LogP contribution in [0.25, 0.3) is 11.2 Å². The molecule has 0 radical (unpaired) electrons. The minimum absolute atomic E-state index is 0.0130. The molecule has 16 heavy (non-hydrogen) atoms. The van der Waals surface area contributed by atoms with E-state index in [2.05, 4.69) is 27.2 Å². The van der Waals surface area contributed by atoms with Gasteiger partial charge in [-0.1, -0.05) is 13.3 Å². The summed E-state index contributed by atoms with van der Waals surface area (Å²) in [6, 6.07) is 3.69. The Hall–Kier alpha value is -1.91. The number of aromatic amines is 1. The summed E-state index contributed by atoms with van der Waals surface area (Å²) in [6.45, 7) is 2.05. The zero-order chi connectivity index (χ0) is 11.4. The number of fused-ring (bicyclic) bond motifs is 1. The van der Waals surface area contributed by atoms with Gasteiger partial charge in [0.25, 0.3) is 0 Å². The summed E-state index contributed by atoms with van der Waals surface area (Å²) in [6.07, 6.45) is 4.10. The molecule has 1 amide bonds. The van der Waals surface area contributed by atoms with E-state index in [4.69, 9.17) is 0 Å². The molecule has 2 heterocycles. The van der Waals surface area contributed by atoms with Crippen molar-refractivity contribution in [2.24, 2.45) is 0 Å². The number of rotatable bonds is 4. The Morgan fingerprint density at radius 2 is 2.44 bits per heavy atom. The fourth-order valence-corrected chi connectivity index (χ4v) is 1.44. The van der Waals surface area contributed by atoms with E-state index < -0.39 is 0 Å². The molecule has 0 aliphatic rings. The standard InChI is InChI=1S/C11H14N4O/c1-2-3-6-9(16)14-11-13-8-5-4-7-12-10(8)15-11/h4-5,7H,2-3,6H2,1H3,(H2,12,13,14,15,16). The van der Waals surface area contributed by atoms with E-state index >= 15 is 0 Å². The number of imidazole rings is 1. The Morgan fingerprint density at radius 3 is 3.19 bits per heavy atom. The summed E-state index contributed by atoms with van der Waals surface area (Å²) in [7, 11) is 0. The van der Waals surface area contributed by atoms with Gasteiger partial charge in [0.05, 0.1) is 5.52 Å². The third-order valence-electron chi connectivity index (χ3n) is 2.27. The van der Waals surface area contributed by atoms with Crippen LogP contribution in [0.2, 0.25) is 0 Å². The number of H-pyrrole nitrogens is 1. The van der Waals surface area contributed by atoms with Crippen LogP contribution in [0.4, 0.5) is 5.95 Å². The van der Waals surface area contributed by atoms with Gasteiger partial charge in [0.15, 0.2) is 5.65 Å². The zero-order valence-electron chi connectivity index (χ0n) is 9.16. The molecule has 5 heteroatoms. The number of anilines is 1. The highest BCUT2D eigenvalue weighted by atomic mass is 16.1. The van der Waals surface area contributed by atoms with Gasteiger partial charge in [-0.25, -0.2) is 4.98 Å². The highest BCUT2D eigenvalue weighted by Gasteiger charge is 2.06. The number of nitrogens with one attached hydrogen (secondary N) is 2. The molecule has 2 rings (SSSR count). The number of nitrogens with zero attached hydrogens (tertiary/aromatic N) is 2. The normalized spacial score (nSPS) is 10.6. The van der Waals surface area contributed by atoms with Crippen LogP contribution in [0.3, 0.4) is 0 Å². The lowest BCUT2D eigenvalue weighted by Gasteiger charge is -1.99. The number of carbonyl (C=O) groups is 1. The lowest BCUT2D eigenvalue weighted by Crippen LogP contribution is -2.11. The van der Waals surface area contributed by atoms with Crippen LogP contribution in [-0.2, 0) is 4.79 Å². The van der Waals surface area contributed by atoms with Gasteiger partial charge in [-0.3, -0.25) is 10.1 Å². The summed E-state index contributed by atoms with van der Waals surface area (Å²) < 4.78 is 0. The maximum Gasteiger partial charge on any atom is 0.226 e. The second kappa shape index (κ2) is 4.74. The number of unbranched alkanes of at least 4 members (excludes halogenated alkanes) is 1. The van der Waals surface area contributed by atoms with Gasteiger partial charge in [0.1, 0.15) is 0 Å². The SMILES string of the molecule is CCCCC(=O)Nc1nc2ncccc2[nH]1. The van der Waals surface area contributed by atoms with Crippen molar-refractivity contribution >= 4 is 23.0 Å². The summed E-state index contributed by atoms with van der Waals surface area (Å²) >= 11 is 0. The molecular formula is C11H14N4O. The van der Waals surface area contributed by atoms with Crippen molar-refractivity contribution in [3.05, 3.63) is 18.3 Å². The maximum atomic E-state index is 11.5. The molecule has 2 aromatic rings.